The van der Waals surface area contributed by atoms with Gasteiger partial charge < -0.3 is 20.3 Å². The second kappa shape index (κ2) is 9.70. The fraction of sp³-hybridized carbons (Fsp3) is 0.316. The van der Waals surface area contributed by atoms with Gasteiger partial charge in [-0.25, -0.2) is 4.79 Å². The number of carbonyl (C=O) groups excluding carboxylic acids is 1. The maximum absolute atomic E-state index is 11.8. The zero-order chi connectivity index (χ0) is 17.2. The first kappa shape index (κ1) is 18.0. The Labute approximate surface area is 141 Å². The molecular weight excluding hydrogens is 306 g/mol. The molecule has 0 aliphatic heterocycles. The molecule has 2 aromatic rings. The van der Waals surface area contributed by atoms with E-state index in [0.29, 0.717) is 5.56 Å². The molecule has 3 N–H and O–H groups in total. The van der Waals surface area contributed by atoms with Gasteiger partial charge in [0.2, 0.25) is 0 Å². The molecule has 1 atom stereocenters. The number of ether oxygens (including phenoxy) is 1. The Morgan fingerprint density at radius 3 is 2.46 bits per heavy atom. The van der Waals surface area contributed by atoms with E-state index in [4.69, 9.17) is 14.9 Å². The van der Waals surface area contributed by atoms with Crippen molar-refractivity contribution in [3.63, 3.8) is 0 Å². The number of aliphatic hydroxyl groups excluding tert-OH is 2. The van der Waals surface area contributed by atoms with Crippen LogP contribution < -0.4 is 5.32 Å². The highest BCUT2D eigenvalue weighted by Crippen LogP contribution is 2.11. The van der Waals surface area contributed by atoms with E-state index < -0.39 is 18.7 Å². The molecule has 24 heavy (non-hydrogen) atoms. The van der Waals surface area contributed by atoms with Crippen molar-refractivity contribution in [1.82, 2.24) is 0 Å². The lowest BCUT2D eigenvalue weighted by Gasteiger charge is -2.10. The number of anilines is 1. The molecule has 0 bridgehead atoms. The lowest BCUT2D eigenvalue weighted by atomic mass is 10.1. The number of rotatable bonds is 9. The van der Waals surface area contributed by atoms with Gasteiger partial charge in [-0.05, 0) is 42.7 Å². The number of hydrogen-bond acceptors (Lipinski definition) is 5. The van der Waals surface area contributed by atoms with Gasteiger partial charge in [-0.1, -0.05) is 30.3 Å². The molecule has 0 saturated heterocycles. The smallest absolute Gasteiger partial charge is 0.338 e. The first-order valence-corrected chi connectivity index (χ1v) is 8.03. The van der Waals surface area contributed by atoms with Crippen molar-refractivity contribution in [3.05, 3.63) is 65.7 Å². The summed E-state index contributed by atoms with van der Waals surface area (Å²) < 4.78 is 4.90. The average Bonchev–Trinajstić information content (AvgIpc) is 2.64. The van der Waals surface area contributed by atoms with Gasteiger partial charge in [-0.15, -0.1) is 0 Å². The highest BCUT2D eigenvalue weighted by molar-refractivity contribution is 5.89. The Bertz CT molecular complexity index is 613. The topological polar surface area (TPSA) is 78.8 Å². The van der Waals surface area contributed by atoms with E-state index in [1.165, 1.54) is 5.56 Å². The van der Waals surface area contributed by atoms with Gasteiger partial charge >= 0.3 is 5.97 Å². The van der Waals surface area contributed by atoms with Crippen LogP contribution >= 0.6 is 0 Å². The molecule has 1 unspecified atom stereocenters. The fourth-order valence-electron chi connectivity index (χ4n) is 2.20. The Morgan fingerprint density at radius 1 is 1.08 bits per heavy atom. The summed E-state index contributed by atoms with van der Waals surface area (Å²) in [6.45, 7) is 0.204. The summed E-state index contributed by atoms with van der Waals surface area (Å²) in [5.74, 6) is -0.516. The van der Waals surface area contributed by atoms with Crippen LogP contribution in [0, 0.1) is 0 Å². The maximum Gasteiger partial charge on any atom is 0.338 e. The molecule has 0 aliphatic rings. The fourth-order valence-corrected chi connectivity index (χ4v) is 2.20. The van der Waals surface area contributed by atoms with E-state index in [1.54, 1.807) is 12.1 Å². The molecule has 2 rings (SSSR count). The van der Waals surface area contributed by atoms with Crippen molar-refractivity contribution >= 4 is 11.7 Å². The molecule has 0 aliphatic carbocycles. The second-order valence-corrected chi connectivity index (χ2v) is 5.53. The molecule has 0 fully saturated rings. The van der Waals surface area contributed by atoms with Crippen LogP contribution in [0.25, 0.3) is 0 Å². The van der Waals surface area contributed by atoms with E-state index >= 15 is 0 Å². The van der Waals surface area contributed by atoms with E-state index in [2.05, 4.69) is 17.4 Å². The van der Waals surface area contributed by atoms with E-state index in [9.17, 15) is 4.79 Å². The maximum atomic E-state index is 11.8. The minimum absolute atomic E-state index is 0.213. The van der Waals surface area contributed by atoms with Crippen LogP contribution in [0.2, 0.25) is 0 Å². The molecule has 128 valence electrons. The van der Waals surface area contributed by atoms with Gasteiger partial charge in [-0.3, -0.25) is 0 Å². The summed E-state index contributed by atoms with van der Waals surface area (Å²) in [5.41, 5.74) is 2.67. The standard InChI is InChI=1S/C19H23NO4/c21-13-18(22)14-24-19(23)16-8-10-17(11-9-16)20-12-4-7-15-5-2-1-3-6-15/h1-3,5-6,8-11,18,20-22H,4,7,12-14H2. The van der Waals surface area contributed by atoms with E-state index in [0.717, 1.165) is 25.1 Å². The third kappa shape index (κ3) is 6.02. The van der Waals surface area contributed by atoms with Crippen molar-refractivity contribution in [2.45, 2.75) is 18.9 Å². The Kier molecular flexibility index (Phi) is 7.26. The minimum Gasteiger partial charge on any atom is -0.459 e. The molecular formula is C19H23NO4. The SMILES string of the molecule is O=C(OCC(O)CO)c1ccc(NCCCc2ccccc2)cc1. The lowest BCUT2D eigenvalue weighted by Crippen LogP contribution is -2.21. The van der Waals surface area contributed by atoms with Gasteiger partial charge in [0.05, 0.1) is 12.2 Å². The van der Waals surface area contributed by atoms with Crippen LogP contribution in [0.4, 0.5) is 5.69 Å². The third-order valence-electron chi connectivity index (χ3n) is 3.55. The zero-order valence-electron chi connectivity index (χ0n) is 13.5. The quantitative estimate of drug-likeness (QED) is 0.486. The number of carbonyl (C=O) groups is 1. The number of hydrogen-bond donors (Lipinski definition) is 3. The highest BCUT2D eigenvalue weighted by atomic mass is 16.5. The minimum atomic E-state index is -1.04. The van der Waals surface area contributed by atoms with Crippen molar-refractivity contribution in [1.29, 1.82) is 0 Å². The highest BCUT2D eigenvalue weighted by Gasteiger charge is 2.10. The predicted octanol–water partition coefficient (Wildman–Crippen LogP) is 2.24. The second-order valence-electron chi connectivity index (χ2n) is 5.53. The zero-order valence-corrected chi connectivity index (χ0v) is 13.5. The third-order valence-corrected chi connectivity index (χ3v) is 3.55. The number of esters is 1. The molecule has 0 spiro atoms. The van der Waals surface area contributed by atoms with Crippen molar-refractivity contribution < 1.29 is 19.7 Å². The summed E-state index contributed by atoms with van der Waals surface area (Å²) in [4.78, 5) is 11.8. The Hall–Kier alpha value is -2.37. The molecule has 0 amide bonds. The molecule has 2 aromatic carbocycles. The molecule has 5 nitrogen and oxygen atoms in total. The predicted molar refractivity (Wildman–Crippen MR) is 93.1 cm³/mol. The summed E-state index contributed by atoms with van der Waals surface area (Å²) in [7, 11) is 0. The van der Waals surface area contributed by atoms with Gasteiger partial charge in [0.15, 0.2) is 0 Å². The molecule has 0 saturated carbocycles. The first-order chi connectivity index (χ1) is 11.7. The summed E-state index contributed by atoms with van der Waals surface area (Å²) >= 11 is 0. The first-order valence-electron chi connectivity index (χ1n) is 8.03. The van der Waals surface area contributed by atoms with Crippen LogP contribution in [0.3, 0.4) is 0 Å². The monoisotopic (exact) mass is 329 g/mol. The van der Waals surface area contributed by atoms with Crippen LogP contribution in [-0.2, 0) is 11.2 Å². The largest absolute Gasteiger partial charge is 0.459 e. The summed E-state index contributed by atoms with van der Waals surface area (Å²) in [6, 6.07) is 17.3. The van der Waals surface area contributed by atoms with E-state index in [-0.39, 0.29) is 6.61 Å². The average molecular weight is 329 g/mol. The molecule has 0 heterocycles. The van der Waals surface area contributed by atoms with Crippen molar-refractivity contribution in [2.24, 2.45) is 0 Å². The van der Waals surface area contributed by atoms with Crippen LogP contribution in [0.15, 0.2) is 54.6 Å². The molecule has 5 heteroatoms. The number of benzene rings is 2. The number of nitrogens with one attached hydrogen (secondary N) is 1. The van der Waals surface area contributed by atoms with Gasteiger partial charge in [0, 0.05) is 12.2 Å². The summed E-state index contributed by atoms with van der Waals surface area (Å²) in [5, 5.41) is 21.2. The Morgan fingerprint density at radius 2 is 1.79 bits per heavy atom. The van der Waals surface area contributed by atoms with Crippen molar-refractivity contribution in [3.8, 4) is 0 Å². The van der Waals surface area contributed by atoms with Crippen LogP contribution in [0.1, 0.15) is 22.3 Å². The van der Waals surface area contributed by atoms with Gasteiger partial charge in [0.25, 0.3) is 0 Å². The van der Waals surface area contributed by atoms with Gasteiger partial charge in [-0.2, -0.15) is 0 Å². The van der Waals surface area contributed by atoms with Gasteiger partial charge in [0.1, 0.15) is 12.7 Å². The normalized spacial score (nSPS) is 11.8. The van der Waals surface area contributed by atoms with Crippen LogP contribution in [0.5, 0.6) is 0 Å². The van der Waals surface area contributed by atoms with Crippen molar-refractivity contribution in [2.75, 3.05) is 25.1 Å². The summed E-state index contributed by atoms with van der Waals surface area (Å²) in [6.07, 6.45) is 0.998. The molecule has 0 radical (unpaired) electrons. The van der Waals surface area contributed by atoms with E-state index in [1.807, 2.05) is 30.3 Å². The van der Waals surface area contributed by atoms with Crippen LogP contribution in [-0.4, -0.2) is 42.0 Å². The Balaban J connectivity index is 1.72. The number of aryl methyl sites for hydroxylation is 1. The lowest BCUT2D eigenvalue weighted by molar-refractivity contribution is 0.00933. The number of aliphatic hydroxyl groups is 2. The molecule has 0 aromatic heterocycles.